The van der Waals surface area contributed by atoms with Crippen LogP contribution in [-0.4, -0.2) is 18.4 Å². The fourth-order valence-corrected chi connectivity index (χ4v) is 19.3. The van der Waals surface area contributed by atoms with E-state index in [-0.39, 0.29) is 0 Å². The Labute approximate surface area is 139 Å². The molecule has 21 heavy (non-hydrogen) atoms. The van der Waals surface area contributed by atoms with Crippen molar-refractivity contribution < 1.29 is 0 Å². The Morgan fingerprint density at radius 3 is 1.52 bits per heavy atom. The van der Waals surface area contributed by atoms with Crippen LogP contribution in [0.4, 0.5) is 0 Å². The van der Waals surface area contributed by atoms with E-state index in [1.807, 2.05) is 0 Å². The summed E-state index contributed by atoms with van der Waals surface area (Å²) >= 11 is -2.06. The first-order valence-corrected chi connectivity index (χ1v) is 17.3. The average molecular weight is 399 g/mol. The molecule has 0 N–H and O–H groups in total. The van der Waals surface area contributed by atoms with Gasteiger partial charge in [0.05, 0.1) is 0 Å². The number of rotatable bonds is 12. The van der Waals surface area contributed by atoms with Crippen LogP contribution in [0.15, 0.2) is 0 Å². The van der Waals surface area contributed by atoms with Crippen molar-refractivity contribution in [1.82, 2.24) is 0 Å². The third-order valence-electron chi connectivity index (χ3n) is 4.98. The van der Waals surface area contributed by atoms with Crippen LogP contribution in [0, 0.1) is 11.8 Å². The van der Waals surface area contributed by atoms with E-state index in [1.54, 1.807) is 13.3 Å². The van der Waals surface area contributed by atoms with E-state index in [0.717, 1.165) is 10.4 Å². The van der Waals surface area contributed by atoms with Crippen molar-refractivity contribution in [2.45, 2.75) is 110 Å². The molecule has 1 atom stereocenters. The molecule has 0 saturated heterocycles. The summed E-state index contributed by atoms with van der Waals surface area (Å²) < 4.78 is 5.55. The van der Waals surface area contributed by atoms with Crippen molar-refractivity contribution in [3.63, 3.8) is 0 Å². The van der Waals surface area contributed by atoms with Gasteiger partial charge in [0, 0.05) is 0 Å². The zero-order valence-corrected chi connectivity index (χ0v) is 18.4. The van der Waals surface area contributed by atoms with Crippen LogP contribution >= 0.6 is 0 Å². The van der Waals surface area contributed by atoms with Gasteiger partial charge in [0.25, 0.3) is 0 Å². The molecule has 0 amide bonds. The number of unbranched alkanes of at least 4 members (excludes halogenated alkanes) is 5. The zero-order chi connectivity index (χ0) is 16.0. The minimum absolute atomic E-state index is 0.779. The van der Waals surface area contributed by atoms with Crippen molar-refractivity contribution >= 4 is 18.4 Å². The molecule has 0 aliphatic heterocycles. The summed E-state index contributed by atoms with van der Waals surface area (Å²) in [4.78, 5) is 0. The van der Waals surface area contributed by atoms with Crippen LogP contribution < -0.4 is 0 Å². The van der Waals surface area contributed by atoms with Crippen LogP contribution in [-0.2, 0) is 0 Å². The third kappa shape index (κ3) is 9.17. The van der Waals surface area contributed by atoms with E-state index in [9.17, 15) is 0 Å². The van der Waals surface area contributed by atoms with E-state index >= 15 is 0 Å². The molecule has 0 radical (unpaired) electrons. The Balaban J connectivity index is 4.92. The first-order valence-electron chi connectivity index (χ1n) is 9.65. The van der Waals surface area contributed by atoms with Gasteiger partial charge in [-0.25, -0.2) is 0 Å². The predicted octanol–water partition coefficient (Wildman–Crippen LogP) is 7.42. The molecule has 0 saturated carbocycles. The van der Waals surface area contributed by atoms with E-state index in [4.69, 9.17) is 0 Å². The molecule has 0 nitrogen and oxygen atoms in total. The predicted molar refractivity (Wildman–Crippen MR) is 102 cm³/mol. The summed E-state index contributed by atoms with van der Waals surface area (Å²) in [5.41, 5.74) is 0. The molecule has 1 heteroatoms. The third-order valence-corrected chi connectivity index (χ3v) is 22.2. The molecule has 0 aromatic rings. The number of hydrogen-bond donors (Lipinski definition) is 0. The van der Waals surface area contributed by atoms with Gasteiger partial charge in [-0.05, 0) is 0 Å². The first-order chi connectivity index (χ1) is 10.2. The van der Waals surface area contributed by atoms with Crippen LogP contribution in [0.1, 0.15) is 92.4 Å². The molecule has 0 aliphatic rings. The summed E-state index contributed by atoms with van der Waals surface area (Å²) in [6.45, 7) is 11.8. The van der Waals surface area contributed by atoms with Gasteiger partial charge < -0.3 is 0 Å². The standard InChI is InChI=1S/C8H13.3C4H9.Sn/c1-3-5-7-8-6-4-2;3*1-3-4-2;/h3H,4,6,8H2,1-2H3;3*1,3-4H2,2H3;. The molecule has 0 unspecified atom stereocenters. The SMILES string of the molecule is CCCCC#C[C@@H](C)[Sn]([CH2]CCC)([CH2]CCC)[CH2]CCC. The van der Waals surface area contributed by atoms with Gasteiger partial charge in [-0.2, -0.15) is 0 Å². The average Bonchev–Trinajstić information content (AvgIpc) is 2.51. The number of hydrogen-bond acceptors (Lipinski definition) is 0. The molecule has 0 bridgehead atoms. The van der Waals surface area contributed by atoms with Crippen molar-refractivity contribution in [2.24, 2.45) is 0 Å². The van der Waals surface area contributed by atoms with E-state index < -0.39 is 18.4 Å². The van der Waals surface area contributed by atoms with E-state index in [0.29, 0.717) is 0 Å². The zero-order valence-electron chi connectivity index (χ0n) is 15.6. The summed E-state index contributed by atoms with van der Waals surface area (Å²) in [7, 11) is 0. The van der Waals surface area contributed by atoms with Gasteiger partial charge in [0.1, 0.15) is 0 Å². The molecule has 0 aromatic heterocycles. The van der Waals surface area contributed by atoms with Crippen molar-refractivity contribution in [2.75, 3.05) is 0 Å². The topological polar surface area (TPSA) is 0 Å². The second-order valence-electron chi connectivity index (χ2n) is 6.82. The molecular weight excluding hydrogens is 359 g/mol. The van der Waals surface area contributed by atoms with Gasteiger partial charge >= 0.3 is 140 Å². The van der Waals surface area contributed by atoms with Crippen LogP contribution in [0.5, 0.6) is 0 Å². The molecule has 0 aromatic carbocycles. The summed E-state index contributed by atoms with van der Waals surface area (Å²) in [5.74, 6) is 7.25. The second-order valence-corrected chi connectivity index (χ2v) is 21.3. The van der Waals surface area contributed by atoms with Crippen LogP contribution in [0.3, 0.4) is 0 Å². The van der Waals surface area contributed by atoms with E-state index in [1.165, 1.54) is 51.4 Å². The molecule has 0 fully saturated rings. The quantitative estimate of drug-likeness (QED) is 0.182. The molecule has 124 valence electrons. The van der Waals surface area contributed by atoms with Gasteiger partial charge in [-0.1, -0.05) is 0 Å². The van der Waals surface area contributed by atoms with Crippen LogP contribution in [0.2, 0.25) is 17.2 Å². The molecule has 0 heterocycles. The fourth-order valence-electron chi connectivity index (χ4n) is 3.25. The van der Waals surface area contributed by atoms with Gasteiger partial charge in [0.2, 0.25) is 0 Å². The molecular formula is C20H40Sn. The van der Waals surface area contributed by atoms with Crippen molar-refractivity contribution in [1.29, 1.82) is 0 Å². The van der Waals surface area contributed by atoms with Crippen LogP contribution in [0.25, 0.3) is 0 Å². The maximum atomic E-state index is 3.73. The van der Waals surface area contributed by atoms with Crippen molar-refractivity contribution in [3.8, 4) is 11.8 Å². The van der Waals surface area contributed by atoms with E-state index in [2.05, 4.69) is 46.5 Å². The molecule has 0 aliphatic carbocycles. The van der Waals surface area contributed by atoms with Crippen molar-refractivity contribution in [3.05, 3.63) is 0 Å². The Morgan fingerprint density at radius 1 is 0.714 bits per heavy atom. The van der Waals surface area contributed by atoms with Gasteiger partial charge in [-0.3, -0.25) is 0 Å². The molecule has 0 rings (SSSR count). The summed E-state index contributed by atoms with van der Waals surface area (Å²) in [6.07, 6.45) is 12.2. The maximum absolute atomic E-state index is 3.73. The normalized spacial score (nSPS) is 12.8. The minimum atomic E-state index is -2.06. The Hall–Kier alpha value is 0.359. The first kappa shape index (κ1) is 21.4. The Bertz CT molecular complexity index is 262. The Morgan fingerprint density at radius 2 is 1.14 bits per heavy atom. The summed E-state index contributed by atoms with van der Waals surface area (Å²) in [5, 5.41) is 0. The monoisotopic (exact) mass is 400 g/mol. The second kappa shape index (κ2) is 14.0. The van der Waals surface area contributed by atoms with Gasteiger partial charge in [0.15, 0.2) is 0 Å². The van der Waals surface area contributed by atoms with Gasteiger partial charge in [-0.15, -0.1) is 0 Å². The summed E-state index contributed by atoms with van der Waals surface area (Å²) in [6, 6.07) is 0. The molecule has 0 spiro atoms. The fraction of sp³-hybridized carbons (Fsp3) is 0.900. The Kier molecular flexibility index (Phi) is 14.2.